The summed E-state index contributed by atoms with van der Waals surface area (Å²) in [5.41, 5.74) is 0.484. The van der Waals surface area contributed by atoms with Gasteiger partial charge < -0.3 is 20.1 Å². The van der Waals surface area contributed by atoms with E-state index in [1.165, 1.54) is 6.20 Å². The van der Waals surface area contributed by atoms with Crippen LogP contribution in [0.2, 0.25) is 0 Å². The molecule has 0 aliphatic carbocycles. The summed E-state index contributed by atoms with van der Waals surface area (Å²) in [7, 11) is 0. The molecule has 0 radical (unpaired) electrons. The Bertz CT molecular complexity index is 338. The van der Waals surface area contributed by atoms with Gasteiger partial charge >= 0.3 is 0 Å². The van der Waals surface area contributed by atoms with E-state index in [0.29, 0.717) is 25.5 Å². The molecule has 0 bridgehead atoms. The van der Waals surface area contributed by atoms with E-state index in [9.17, 15) is 4.79 Å². The number of nitrogens with zero attached hydrogens (tertiary/aromatic N) is 1. The molecule has 6 heteroatoms. The maximum atomic E-state index is 11.6. The molecule has 1 heterocycles. The second-order valence-corrected chi connectivity index (χ2v) is 3.54. The van der Waals surface area contributed by atoms with Gasteiger partial charge in [0.15, 0.2) is 0 Å². The zero-order valence-corrected chi connectivity index (χ0v) is 10.0. The third-order valence-corrected chi connectivity index (χ3v) is 2.19. The smallest absolute Gasteiger partial charge is 0.269 e. The van der Waals surface area contributed by atoms with Gasteiger partial charge in [-0.05, 0) is 6.42 Å². The van der Waals surface area contributed by atoms with Crippen molar-refractivity contribution in [1.82, 2.24) is 15.3 Å². The fourth-order valence-corrected chi connectivity index (χ4v) is 1.30. The Hall–Kier alpha value is -1.40. The quantitative estimate of drug-likeness (QED) is 0.563. The van der Waals surface area contributed by atoms with Crippen molar-refractivity contribution in [3.05, 3.63) is 17.7 Å². The molecule has 3 N–H and O–H groups in total. The first-order valence-corrected chi connectivity index (χ1v) is 5.78. The molecule has 1 aromatic heterocycles. The molecule has 0 spiro atoms. The van der Waals surface area contributed by atoms with Crippen molar-refractivity contribution in [2.75, 3.05) is 26.4 Å². The van der Waals surface area contributed by atoms with E-state index in [1.54, 1.807) is 0 Å². The summed E-state index contributed by atoms with van der Waals surface area (Å²) in [5.74, 6) is 0.654. The molecular weight excluding hydrogens is 222 g/mol. The van der Waals surface area contributed by atoms with E-state index in [4.69, 9.17) is 9.84 Å². The lowest BCUT2D eigenvalue weighted by atomic mass is 10.4. The van der Waals surface area contributed by atoms with Gasteiger partial charge in [-0.2, -0.15) is 0 Å². The molecule has 0 aromatic carbocycles. The van der Waals surface area contributed by atoms with Gasteiger partial charge in [-0.15, -0.1) is 0 Å². The number of nitrogens with one attached hydrogen (secondary N) is 2. The van der Waals surface area contributed by atoms with Crippen LogP contribution >= 0.6 is 0 Å². The number of hydrogen-bond acceptors (Lipinski definition) is 4. The third-order valence-electron chi connectivity index (χ3n) is 2.19. The Kier molecular flexibility index (Phi) is 6.27. The first-order chi connectivity index (χ1) is 8.27. The summed E-state index contributed by atoms with van der Waals surface area (Å²) < 4.78 is 5.07. The number of imidazole rings is 1. The lowest BCUT2D eigenvalue weighted by molar-refractivity contribution is 0.0866. The fraction of sp³-hybridized carbons (Fsp3) is 0.636. The maximum Gasteiger partial charge on any atom is 0.269 e. The summed E-state index contributed by atoms with van der Waals surface area (Å²) >= 11 is 0. The number of carbonyl (C=O) groups excluding carboxylic acids is 1. The molecule has 1 rings (SSSR count). The number of aromatic nitrogens is 2. The molecule has 0 unspecified atom stereocenters. The number of aliphatic hydroxyl groups is 1. The van der Waals surface area contributed by atoms with Crippen molar-refractivity contribution in [1.29, 1.82) is 0 Å². The first kappa shape index (κ1) is 13.7. The molecule has 0 atom stereocenters. The van der Waals surface area contributed by atoms with E-state index in [-0.39, 0.29) is 12.5 Å². The second-order valence-electron chi connectivity index (χ2n) is 3.54. The van der Waals surface area contributed by atoms with Crippen LogP contribution in [0, 0.1) is 0 Å². The van der Waals surface area contributed by atoms with Gasteiger partial charge in [-0.1, -0.05) is 6.92 Å². The fourth-order valence-electron chi connectivity index (χ4n) is 1.30. The highest BCUT2D eigenvalue weighted by atomic mass is 16.5. The van der Waals surface area contributed by atoms with E-state index >= 15 is 0 Å². The van der Waals surface area contributed by atoms with Crippen LogP contribution in [-0.4, -0.2) is 47.3 Å². The second kappa shape index (κ2) is 7.81. The number of H-pyrrole nitrogens is 1. The van der Waals surface area contributed by atoms with Crippen molar-refractivity contribution >= 4 is 5.91 Å². The van der Waals surface area contributed by atoms with Crippen LogP contribution in [0.25, 0.3) is 0 Å². The minimum Gasteiger partial charge on any atom is -0.394 e. The van der Waals surface area contributed by atoms with Crippen LogP contribution in [-0.2, 0) is 11.2 Å². The topological polar surface area (TPSA) is 87.2 Å². The monoisotopic (exact) mass is 241 g/mol. The molecule has 96 valence electrons. The molecule has 0 aliphatic heterocycles. The summed E-state index contributed by atoms with van der Waals surface area (Å²) in [5, 5.41) is 11.2. The summed E-state index contributed by atoms with van der Waals surface area (Å²) in [6.07, 6.45) is 3.04. The van der Waals surface area contributed by atoms with Gasteiger partial charge in [0.1, 0.15) is 11.5 Å². The van der Waals surface area contributed by atoms with Crippen molar-refractivity contribution in [2.24, 2.45) is 0 Å². The lowest BCUT2D eigenvalue weighted by Crippen LogP contribution is -2.25. The standard InChI is InChI=1S/C11H19N3O3/c1-2-10-13-8-9(14-10)11(16)12-4-3-6-17-7-5-15/h8,15H,2-7H2,1H3,(H,12,16)(H,13,14). The Balaban J connectivity index is 2.16. The number of amides is 1. The Morgan fingerprint density at radius 2 is 2.41 bits per heavy atom. The normalized spacial score (nSPS) is 10.5. The van der Waals surface area contributed by atoms with Gasteiger partial charge in [0.2, 0.25) is 0 Å². The van der Waals surface area contributed by atoms with Crippen LogP contribution in [0.4, 0.5) is 0 Å². The molecule has 0 saturated heterocycles. The van der Waals surface area contributed by atoms with Crippen LogP contribution in [0.3, 0.4) is 0 Å². The molecule has 17 heavy (non-hydrogen) atoms. The number of rotatable bonds is 8. The molecule has 0 aliphatic rings. The summed E-state index contributed by atoms with van der Waals surface area (Å²) in [6.45, 7) is 3.42. The highest BCUT2D eigenvalue weighted by Crippen LogP contribution is 1.97. The number of ether oxygens (including phenoxy) is 1. The van der Waals surface area contributed by atoms with Crippen molar-refractivity contribution in [3.63, 3.8) is 0 Å². The first-order valence-electron chi connectivity index (χ1n) is 5.78. The van der Waals surface area contributed by atoms with Crippen molar-refractivity contribution in [2.45, 2.75) is 19.8 Å². The summed E-state index contributed by atoms with van der Waals surface area (Å²) in [6, 6.07) is 0. The maximum absolute atomic E-state index is 11.6. The number of aryl methyl sites for hydroxylation is 1. The SMILES string of the molecule is CCc1ncc(C(=O)NCCCOCCO)[nH]1. The van der Waals surface area contributed by atoms with Crippen LogP contribution in [0.15, 0.2) is 6.20 Å². The van der Waals surface area contributed by atoms with E-state index in [2.05, 4.69) is 15.3 Å². The largest absolute Gasteiger partial charge is 0.394 e. The van der Waals surface area contributed by atoms with Crippen LogP contribution in [0.5, 0.6) is 0 Å². The Morgan fingerprint density at radius 3 is 3.06 bits per heavy atom. The molecular formula is C11H19N3O3. The molecule has 6 nitrogen and oxygen atoms in total. The third kappa shape index (κ3) is 4.97. The molecule has 1 amide bonds. The van der Waals surface area contributed by atoms with E-state index in [0.717, 1.165) is 18.7 Å². The number of carbonyl (C=O) groups is 1. The zero-order chi connectivity index (χ0) is 12.5. The molecule has 0 fully saturated rings. The van der Waals surface area contributed by atoms with E-state index < -0.39 is 0 Å². The molecule has 1 aromatic rings. The van der Waals surface area contributed by atoms with E-state index in [1.807, 2.05) is 6.92 Å². The highest BCUT2D eigenvalue weighted by molar-refractivity contribution is 5.92. The minimum atomic E-state index is -0.153. The highest BCUT2D eigenvalue weighted by Gasteiger charge is 2.07. The van der Waals surface area contributed by atoms with Gasteiger partial charge in [0.25, 0.3) is 5.91 Å². The molecule has 0 saturated carbocycles. The Morgan fingerprint density at radius 1 is 1.59 bits per heavy atom. The summed E-state index contributed by atoms with van der Waals surface area (Å²) in [4.78, 5) is 18.6. The van der Waals surface area contributed by atoms with Gasteiger partial charge in [0.05, 0.1) is 19.4 Å². The predicted octanol–water partition coefficient (Wildman–Crippen LogP) is 0.101. The average Bonchev–Trinajstić information content (AvgIpc) is 2.82. The Labute approximate surface area is 100 Å². The zero-order valence-electron chi connectivity index (χ0n) is 10.0. The van der Waals surface area contributed by atoms with Gasteiger partial charge in [-0.25, -0.2) is 4.98 Å². The van der Waals surface area contributed by atoms with Crippen molar-refractivity contribution in [3.8, 4) is 0 Å². The number of aliphatic hydroxyl groups excluding tert-OH is 1. The lowest BCUT2D eigenvalue weighted by Gasteiger charge is -2.04. The van der Waals surface area contributed by atoms with Gasteiger partial charge in [0, 0.05) is 19.6 Å². The van der Waals surface area contributed by atoms with Gasteiger partial charge in [-0.3, -0.25) is 4.79 Å². The van der Waals surface area contributed by atoms with Crippen LogP contribution < -0.4 is 5.32 Å². The number of hydrogen-bond donors (Lipinski definition) is 3. The number of aromatic amines is 1. The predicted molar refractivity (Wildman–Crippen MR) is 62.8 cm³/mol. The van der Waals surface area contributed by atoms with Crippen LogP contribution in [0.1, 0.15) is 29.7 Å². The average molecular weight is 241 g/mol. The van der Waals surface area contributed by atoms with Crippen molar-refractivity contribution < 1.29 is 14.6 Å². The minimum absolute atomic E-state index is 0.0281.